The Labute approximate surface area is 89.4 Å². The minimum absolute atomic E-state index is 0.271. The van der Waals surface area contributed by atoms with E-state index in [0.717, 1.165) is 31.4 Å². The molecule has 0 spiro atoms. The van der Waals surface area contributed by atoms with E-state index in [1.54, 1.807) is 0 Å². The van der Waals surface area contributed by atoms with Crippen molar-refractivity contribution in [2.45, 2.75) is 32.6 Å². The summed E-state index contributed by atoms with van der Waals surface area (Å²) in [5.74, 6) is -1.42. The van der Waals surface area contributed by atoms with Gasteiger partial charge in [-0.15, -0.1) is 0 Å². The van der Waals surface area contributed by atoms with Gasteiger partial charge in [-0.2, -0.15) is 0 Å². The molecule has 0 saturated heterocycles. The Kier molecular flexibility index (Phi) is 3.88. The van der Waals surface area contributed by atoms with Gasteiger partial charge in [0.05, 0.1) is 0 Å². The van der Waals surface area contributed by atoms with E-state index in [2.05, 4.69) is 12.2 Å². The van der Waals surface area contributed by atoms with Crippen molar-refractivity contribution in [1.82, 2.24) is 5.32 Å². The van der Waals surface area contributed by atoms with Crippen molar-refractivity contribution < 1.29 is 14.7 Å². The van der Waals surface area contributed by atoms with Crippen LogP contribution in [0, 0.1) is 5.41 Å². The van der Waals surface area contributed by atoms with Gasteiger partial charge in [-0.3, -0.25) is 4.79 Å². The SMILES string of the molecule is CCC1(CNC(=O)/C=C/C(=O)O)CCC1. The highest BCUT2D eigenvalue weighted by Crippen LogP contribution is 2.42. The summed E-state index contributed by atoms with van der Waals surface area (Å²) in [4.78, 5) is 21.4. The van der Waals surface area contributed by atoms with Gasteiger partial charge in [-0.05, 0) is 24.7 Å². The molecule has 0 unspecified atom stereocenters. The number of amides is 1. The standard InChI is InChI=1S/C11H17NO3/c1-2-11(6-3-7-11)8-12-9(13)4-5-10(14)15/h4-5H,2-3,6-8H2,1H3,(H,12,13)(H,14,15)/b5-4+. The maximum atomic E-state index is 11.2. The summed E-state index contributed by atoms with van der Waals surface area (Å²) < 4.78 is 0. The molecular weight excluding hydrogens is 194 g/mol. The number of hydrogen-bond donors (Lipinski definition) is 2. The number of rotatable bonds is 5. The molecule has 0 radical (unpaired) electrons. The Hall–Kier alpha value is -1.32. The Morgan fingerprint density at radius 1 is 1.40 bits per heavy atom. The third-order valence-electron chi connectivity index (χ3n) is 3.18. The fraction of sp³-hybridized carbons (Fsp3) is 0.636. The average Bonchev–Trinajstić information content (AvgIpc) is 2.14. The summed E-state index contributed by atoms with van der Waals surface area (Å²) >= 11 is 0. The molecule has 1 aliphatic rings. The molecule has 1 fully saturated rings. The molecule has 2 N–H and O–H groups in total. The lowest BCUT2D eigenvalue weighted by atomic mass is 9.67. The second-order valence-electron chi connectivity index (χ2n) is 4.10. The van der Waals surface area contributed by atoms with Gasteiger partial charge in [0.2, 0.25) is 5.91 Å². The smallest absolute Gasteiger partial charge is 0.328 e. The van der Waals surface area contributed by atoms with Crippen LogP contribution in [0.1, 0.15) is 32.6 Å². The maximum absolute atomic E-state index is 11.2. The molecule has 0 heterocycles. The van der Waals surface area contributed by atoms with Crippen molar-refractivity contribution in [1.29, 1.82) is 0 Å². The molecule has 1 amide bonds. The molecule has 0 atom stereocenters. The van der Waals surface area contributed by atoms with Crippen LogP contribution in [0.4, 0.5) is 0 Å². The van der Waals surface area contributed by atoms with Gasteiger partial charge in [0.25, 0.3) is 0 Å². The average molecular weight is 211 g/mol. The molecule has 0 aromatic rings. The fourth-order valence-electron chi connectivity index (χ4n) is 1.81. The van der Waals surface area contributed by atoms with Crippen LogP contribution >= 0.6 is 0 Å². The molecule has 15 heavy (non-hydrogen) atoms. The van der Waals surface area contributed by atoms with E-state index in [4.69, 9.17) is 5.11 Å². The minimum atomic E-state index is -1.10. The van der Waals surface area contributed by atoms with Crippen molar-refractivity contribution in [2.75, 3.05) is 6.54 Å². The lowest BCUT2D eigenvalue weighted by Crippen LogP contribution is -2.41. The molecule has 4 nitrogen and oxygen atoms in total. The molecule has 1 rings (SSSR count). The van der Waals surface area contributed by atoms with Crippen LogP contribution in [-0.2, 0) is 9.59 Å². The highest BCUT2D eigenvalue weighted by atomic mass is 16.4. The Morgan fingerprint density at radius 2 is 2.07 bits per heavy atom. The largest absolute Gasteiger partial charge is 0.478 e. The van der Waals surface area contributed by atoms with Crippen LogP contribution < -0.4 is 5.32 Å². The maximum Gasteiger partial charge on any atom is 0.328 e. The van der Waals surface area contributed by atoms with Gasteiger partial charge in [-0.1, -0.05) is 13.3 Å². The third-order valence-corrected chi connectivity index (χ3v) is 3.18. The zero-order chi connectivity index (χ0) is 11.3. The summed E-state index contributed by atoms with van der Waals surface area (Å²) in [5.41, 5.74) is 0.271. The van der Waals surface area contributed by atoms with Crippen LogP contribution in [0.2, 0.25) is 0 Å². The van der Waals surface area contributed by atoms with Gasteiger partial charge in [0.15, 0.2) is 0 Å². The zero-order valence-electron chi connectivity index (χ0n) is 8.95. The van der Waals surface area contributed by atoms with Gasteiger partial charge in [-0.25, -0.2) is 4.79 Å². The van der Waals surface area contributed by atoms with E-state index < -0.39 is 5.97 Å². The monoisotopic (exact) mass is 211 g/mol. The Morgan fingerprint density at radius 3 is 2.47 bits per heavy atom. The molecule has 84 valence electrons. The van der Waals surface area contributed by atoms with Crippen LogP contribution in [-0.4, -0.2) is 23.5 Å². The first-order valence-electron chi connectivity index (χ1n) is 5.27. The van der Waals surface area contributed by atoms with E-state index in [0.29, 0.717) is 6.54 Å². The van der Waals surface area contributed by atoms with Crippen molar-refractivity contribution >= 4 is 11.9 Å². The third kappa shape index (κ3) is 3.38. The van der Waals surface area contributed by atoms with E-state index in [9.17, 15) is 9.59 Å². The fourth-order valence-corrected chi connectivity index (χ4v) is 1.81. The summed E-state index contributed by atoms with van der Waals surface area (Å²) in [6, 6.07) is 0. The van der Waals surface area contributed by atoms with Gasteiger partial charge >= 0.3 is 5.97 Å². The number of hydrogen-bond acceptors (Lipinski definition) is 2. The first-order chi connectivity index (χ1) is 7.08. The predicted octanol–water partition coefficient (Wildman–Crippen LogP) is 1.32. The zero-order valence-corrected chi connectivity index (χ0v) is 8.95. The van der Waals surface area contributed by atoms with Crippen LogP contribution in [0.15, 0.2) is 12.2 Å². The van der Waals surface area contributed by atoms with Crippen molar-refractivity contribution in [3.8, 4) is 0 Å². The molecule has 0 aromatic carbocycles. The van der Waals surface area contributed by atoms with E-state index >= 15 is 0 Å². The van der Waals surface area contributed by atoms with Gasteiger partial charge < -0.3 is 10.4 Å². The molecule has 0 bridgehead atoms. The van der Waals surface area contributed by atoms with Crippen LogP contribution in [0.3, 0.4) is 0 Å². The molecule has 1 aliphatic carbocycles. The van der Waals surface area contributed by atoms with Crippen molar-refractivity contribution in [3.05, 3.63) is 12.2 Å². The van der Waals surface area contributed by atoms with Crippen molar-refractivity contribution in [2.24, 2.45) is 5.41 Å². The van der Waals surface area contributed by atoms with Gasteiger partial charge in [0, 0.05) is 18.7 Å². The molecule has 4 heteroatoms. The second-order valence-corrected chi connectivity index (χ2v) is 4.10. The Balaban J connectivity index is 2.30. The highest BCUT2D eigenvalue weighted by molar-refractivity contribution is 5.93. The number of carboxylic acid groups (broad SMARTS) is 1. The topological polar surface area (TPSA) is 66.4 Å². The first kappa shape index (κ1) is 11.8. The van der Waals surface area contributed by atoms with E-state index in [1.807, 2.05) is 0 Å². The molecule has 1 saturated carbocycles. The number of carbonyl (C=O) groups is 2. The number of carboxylic acids is 1. The van der Waals surface area contributed by atoms with E-state index in [-0.39, 0.29) is 11.3 Å². The normalized spacial score (nSPS) is 18.5. The van der Waals surface area contributed by atoms with E-state index in [1.165, 1.54) is 6.42 Å². The number of carbonyl (C=O) groups excluding carboxylic acids is 1. The van der Waals surface area contributed by atoms with Crippen LogP contribution in [0.25, 0.3) is 0 Å². The lowest BCUT2D eigenvalue weighted by Gasteiger charge is -2.41. The van der Waals surface area contributed by atoms with Crippen molar-refractivity contribution in [3.63, 3.8) is 0 Å². The molecule has 0 aromatic heterocycles. The second kappa shape index (κ2) is 4.96. The lowest BCUT2D eigenvalue weighted by molar-refractivity contribution is -0.131. The summed E-state index contributed by atoms with van der Waals surface area (Å²) in [5, 5.41) is 11.1. The first-order valence-corrected chi connectivity index (χ1v) is 5.27. The number of nitrogens with one attached hydrogen (secondary N) is 1. The highest BCUT2D eigenvalue weighted by Gasteiger charge is 2.34. The molecular formula is C11H17NO3. The molecule has 0 aliphatic heterocycles. The summed E-state index contributed by atoms with van der Waals surface area (Å²) in [7, 11) is 0. The summed E-state index contributed by atoms with van der Waals surface area (Å²) in [6.45, 7) is 2.78. The van der Waals surface area contributed by atoms with Crippen LogP contribution in [0.5, 0.6) is 0 Å². The quantitative estimate of drug-likeness (QED) is 0.674. The number of aliphatic carboxylic acids is 1. The Bertz CT molecular complexity index is 274. The predicted molar refractivity (Wildman–Crippen MR) is 56.4 cm³/mol. The minimum Gasteiger partial charge on any atom is -0.478 e. The summed E-state index contributed by atoms with van der Waals surface area (Å²) in [6.07, 6.45) is 6.53. The van der Waals surface area contributed by atoms with Gasteiger partial charge in [0.1, 0.15) is 0 Å².